The highest BCUT2D eigenvalue weighted by Gasteiger charge is 2.46. The van der Waals surface area contributed by atoms with E-state index >= 15 is 0 Å². The molecule has 6 nitrogen and oxygen atoms in total. The van der Waals surface area contributed by atoms with Gasteiger partial charge in [-0.05, 0) is 62.7 Å². The Balaban J connectivity index is 1.03. The van der Waals surface area contributed by atoms with Gasteiger partial charge in [0.15, 0.2) is 0 Å². The molecule has 4 bridgehead atoms. The lowest BCUT2D eigenvalue weighted by Crippen LogP contribution is -2.27. The fourth-order valence-corrected chi connectivity index (χ4v) is 8.45. The van der Waals surface area contributed by atoms with Gasteiger partial charge in [-0.25, -0.2) is 0 Å². The zero-order chi connectivity index (χ0) is 28.5. The number of aromatic nitrogens is 6. The first-order chi connectivity index (χ1) is 21.8. The third-order valence-electron chi connectivity index (χ3n) is 10.2. The maximum atomic E-state index is 5.15. The van der Waals surface area contributed by atoms with Crippen molar-refractivity contribution in [2.45, 2.75) is 23.7 Å². The van der Waals surface area contributed by atoms with Crippen LogP contribution in [0.2, 0.25) is 0 Å². The van der Waals surface area contributed by atoms with E-state index in [1.165, 1.54) is 44.5 Å². The van der Waals surface area contributed by atoms with E-state index < -0.39 is 0 Å². The van der Waals surface area contributed by atoms with Crippen molar-refractivity contribution in [2.24, 2.45) is 0 Å². The largest absolute Gasteiger partial charge is 0.152 e. The zero-order valence-electron chi connectivity index (χ0n) is 23.5. The van der Waals surface area contributed by atoms with Crippen LogP contribution in [0.5, 0.6) is 0 Å². The molecular formula is C38H24N6. The van der Waals surface area contributed by atoms with Crippen molar-refractivity contribution in [3.63, 3.8) is 0 Å². The highest BCUT2D eigenvalue weighted by atomic mass is 15.5. The Morgan fingerprint density at radius 1 is 0.318 bits per heavy atom. The van der Waals surface area contributed by atoms with Crippen molar-refractivity contribution in [1.29, 1.82) is 0 Å². The molecule has 0 saturated carbocycles. The molecule has 0 unspecified atom stereocenters. The number of benzene rings is 5. The molecule has 0 aliphatic heterocycles. The van der Waals surface area contributed by atoms with E-state index in [0.29, 0.717) is 0 Å². The maximum Gasteiger partial charge on any atom is 0.0992 e. The summed E-state index contributed by atoms with van der Waals surface area (Å²) >= 11 is 0. The van der Waals surface area contributed by atoms with Gasteiger partial charge in [-0.2, -0.15) is 30.0 Å². The molecule has 0 fully saturated rings. The van der Waals surface area contributed by atoms with Crippen LogP contribution in [0.1, 0.15) is 91.0 Å². The number of hydrogen-bond donors (Lipinski definition) is 0. The summed E-state index contributed by atoms with van der Waals surface area (Å²) in [5.74, 6) is 0.380. The van der Waals surface area contributed by atoms with Gasteiger partial charge in [-0.3, -0.25) is 0 Å². The first-order valence-corrected chi connectivity index (χ1v) is 15.2. The van der Waals surface area contributed by atoms with Gasteiger partial charge in [-0.15, -0.1) is 0 Å². The van der Waals surface area contributed by atoms with Crippen LogP contribution in [0.25, 0.3) is 11.4 Å². The van der Waals surface area contributed by atoms with E-state index in [2.05, 4.69) is 115 Å². The monoisotopic (exact) mass is 564 g/mol. The Morgan fingerprint density at radius 2 is 0.568 bits per heavy atom. The van der Waals surface area contributed by atoms with Gasteiger partial charge in [-0.1, -0.05) is 103 Å². The molecule has 44 heavy (non-hydrogen) atoms. The fraction of sp³-hybridized carbons (Fsp3) is 0.105. The van der Waals surface area contributed by atoms with Crippen LogP contribution in [-0.2, 0) is 0 Å². The first-order valence-electron chi connectivity index (χ1n) is 15.2. The Morgan fingerprint density at radius 3 is 0.818 bits per heavy atom. The summed E-state index contributed by atoms with van der Waals surface area (Å²) in [6.45, 7) is 0. The summed E-state index contributed by atoms with van der Waals surface area (Å²) in [5.41, 5.74) is 16.7. The standard InChI is InChI=1S/C38H24N6/c1-2-13-24-23(12-1)31-25-14-3-4-15-26(25)32(24)36-35(31)39-43(40-36)21-10-9-11-22(20-21)44-41-37-33-27-16-5-6-17-28(27)34(38(37)42-44)30-19-8-7-18-29(30)33/h1-20,31-34H. The number of hydrogen-bond acceptors (Lipinski definition) is 4. The van der Waals surface area contributed by atoms with Gasteiger partial charge in [0.2, 0.25) is 0 Å². The van der Waals surface area contributed by atoms with Crippen LogP contribution in [0.3, 0.4) is 0 Å². The SMILES string of the molecule is c1cc(-n2nc3c(n2)C2c4ccccc4C3c3ccccc32)cc(-n2nc3c(n2)C2c4ccccc4C3c3ccccc32)c1. The van der Waals surface area contributed by atoms with Crippen LogP contribution in [0, 0.1) is 0 Å². The molecule has 2 heterocycles. The van der Waals surface area contributed by atoms with Gasteiger partial charge in [0, 0.05) is 0 Å². The summed E-state index contributed by atoms with van der Waals surface area (Å²) in [6.07, 6.45) is 0. The average Bonchev–Trinajstić information content (AvgIpc) is 3.75. The predicted molar refractivity (Wildman–Crippen MR) is 166 cm³/mol. The number of rotatable bonds is 2. The van der Waals surface area contributed by atoms with E-state index in [4.69, 9.17) is 20.4 Å². The summed E-state index contributed by atoms with van der Waals surface area (Å²) in [5, 5.41) is 20.6. The second-order valence-electron chi connectivity index (χ2n) is 12.3. The van der Waals surface area contributed by atoms with E-state index in [0.717, 1.165) is 34.2 Å². The second kappa shape index (κ2) is 8.05. The van der Waals surface area contributed by atoms with Gasteiger partial charge in [0.1, 0.15) is 0 Å². The van der Waals surface area contributed by atoms with E-state index in [9.17, 15) is 0 Å². The van der Waals surface area contributed by atoms with Crippen LogP contribution in [0.15, 0.2) is 121 Å². The summed E-state index contributed by atoms with van der Waals surface area (Å²) < 4.78 is 0. The molecule has 0 atom stereocenters. The topological polar surface area (TPSA) is 61.4 Å². The summed E-state index contributed by atoms with van der Waals surface area (Å²) in [4.78, 5) is 3.62. The molecule has 6 aliphatic rings. The second-order valence-corrected chi connectivity index (χ2v) is 12.3. The molecule has 7 aromatic rings. The Labute approximate surface area is 253 Å². The van der Waals surface area contributed by atoms with Gasteiger partial charge >= 0.3 is 0 Å². The molecule has 0 saturated heterocycles. The minimum Gasteiger partial charge on any atom is -0.152 e. The molecule has 0 radical (unpaired) electrons. The maximum absolute atomic E-state index is 5.15. The van der Waals surface area contributed by atoms with Crippen molar-refractivity contribution in [3.05, 3.63) is 189 Å². The Kier molecular flexibility index (Phi) is 4.19. The highest BCUT2D eigenvalue weighted by molar-refractivity contribution is 5.66. The predicted octanol–water partition coefficient (Wildman–Crippen LogP) is 6.82. The van der Waals surface area contributed by atoms with Crippen LogP contribution in [-0.4, -0.2) is 30.0 Å². The zero-order valence-corrected chi connectivity index (χ0v) is 23.5. The lowest BCUT2D eigenvalue weighted by Gasteiger charge is -2.38. The van der Waals surface area contributed by atoms with Crippen LogP contribution < -0.4 is 0 Å². The van der Waals surface area contributed by atoms with E-state index in [1.807, 2.05) is 15.7 Å². The molecule has 2 aromatic heterocycles. The Hall–Kier alpha value is -5.62. The van der Waals surface area contributed by atoms with E-state index in [-0.39, 0.29) is 23.7 Å². The molecular weight excluding hydrogens is 540 g/mol. The van der Waals surface area contributed by atoms with Crippen LogP contribution >= 0.6 is 0 Å². The van der Waals surface area contributed by atoms with Gasteiger partial charge < -0.3 is 0 Å². The molecule has 5 aromatic carbocycles. The molecule has 206 valence electrons. The minimum absolute atomic E-state index is 0.0950. The minimum atomic E-state index is 0.0950. The third kappa shape index (κ3) is 2.76. The Bertz CT molecular complexity index is 1950. The molecule has 6 aliphatic carbocycles. The van der Waals surface area contributed by atoms with Crippen LogP contribution in [0.4, 0.5) is 0 Å². The van der Waals surface area contributed by atoms with Crippen molar-refractivity contribution in [2.75, 3.05) is 0 Å². The summed E-state index contributed by atoms with van der Waals surface area (Å²) in [7, 11) is 0. The normalized spacial score (nSPS) is 20.7. The molecule has 13 rings (SSSR count). The highest BCUT2D eigenvalue weighted by Crippen LogP contribution is 2.55. The first kappa shape index (κ1) is 22.9. The molecule has 6 heteroatoms. The molecule has 0 spiro atoms. The van der Waals surface area contributed by atoms with Gasteiger partial charge in [0.05, 0.1) is 57.8 Å². The molecule has 0 N–H and O–H groups in total. The molecule has 0 amide bonds. The average molecular weight is 565 g/mol. The quantitative estimate of drug-likeness (QED) is 0.231. The lowest BCUT2D eigenvalue weighted by atomic mass is 9.64. The lowest BCUT2D eigenvalue weighted by molar-refractivity contribution is 0.716. The third-order valence-corrected chi connectivity index (χ3v) is 10.2. The van der Waals surface area contributed by atoms with Crippen molar-refractivity contribution >= 4 is 0 Å². The van der Waals surface area contributed by atoms with Crippen molar-refractivity contribution < 1.29 is 0 Å². The van der Waals surface area contributed by atoms with Gasteiger partial charge in [0.25, 0.3) is 0 Å². The van der Waals surface area contributed by atoms with Crippen molar-refractivity contribution in [3.8, 4) is 11.4 Å². The number of nitrogens with zero attached hydrogens (tertiary/aromatic N) is 6. The van der Waals surface area contributed by atoms with Crippen molar-refractivity contribution in [1.82, 2.24) is 30.0 Å². The summed E-state index contributed by atoms with van der Waals surface area (Å²) in [6, 6.07) is 43.4. The van der Waals surface area contributed by atoms with E-state index in [1.54, 1.807) is 0 Å². The smallest absolute Gasteiger partial charge is 0.0992 e. The fourth-order valence-electron chi connectivity index (χ4n) is 8.45.